The van der Waals surface area contributed by atoms with Crippen LogP contribution in [0.5, 0.6) is 0 Å². The second kappa shape index (κ2) is 6.42. The minimum absolute atomic E-state index is 0.00345. The van der Waals surface area contributed by atoms with E-state index >= 15 is 0 Å². The highest BCUT2D eigenvalue weighted by Crippen LogP contribution is 2.38. The predicted molar refractivity (Wildman–Crippen MR) is 85.9 cm³/mol. The number of carbonyl (C=O) groups is 1. The van der Waals surface area contributed by atoms with E-state index in [0.29, 0.717) is 25.2 Å². The van der Waals surface area contributed by atoms with Gasteiger partial charge in [-0.3, -0.25) is 25.0 Å². The molecule has 0 radical (unpaired) electrons. The lowest BCUT2D eigenvalue weighted by Gasteiger charge is -2.40. The fraction of sp³-hybridized carbons (Fsp3) is 0.533. The normalized spacial score (nSPS) is 23.8. The molecule has 24 heavy (non-hydrogen) atoms. The molecule has 0 aliphatic carbocycles. The van der Waals surface area contributed by atoms with Crippen LogP contribution in [0.3, 0.4) is 0 Å². The molecular formula is C15H18N4O5. The molecule has 0 unspecified atom stereocenters. The number of benzene rings is 1. The summed E-state index contributed by atoms with van der Waals surface area (Å²) in [6, 6.07) is 3.79. The summed E-state index contributed by atoms with van der Waals surface area (Å²) in [7, 11) is 0. The van der Waals surface area contributed by atoms with Gasteiger partial charge in [0.05, 0.1) is 15.9 Å². The molecule has 1 amide bonds. The number of nitrogens with zero attached hydrogens (tertiary/aromatic N) is 3. The Morgan fingerprint density at radius 2 is 1.96 bits per heavy atom. The monoisotopic (exact) mass is 334 g/mol. The van der Waals surface area contributed by atoms with E-state index in [4.69, 9.17) is 0 Å². The van der Waals surface area contributed by atoms with Crippen LogP contribution in [0.4, 0.5) is 17.1 Å². The van der Waals surface area contributed by atoms with Gasteiger partial charge in [-0.25, -0.2) is 0 Å². The molecule has 2 aliphatic rings. The van der Waals surface area contributed by atoms with E-state index in [2.05, 4.69) is 5.32 Å². The minimum Gasteiger partial charge on any atom is -0.363 e. The van der Waals surface area contributed by atoms with Gasteiger partial charge < -0.3 is 10.2 Å². The third-order valence-corrected chi connectivity index (χ3v) is 4.78. The van der Waals surface area contributed by atoms with Crippen LogP contribution in [0.2, 0.25) is 0 Å². The van der Waals surface area contributed by atoms with E-state index < -0.39 is 9.85 Å². The zero-order valence-corrected chi connectivity index (χ0v) is 13.0. The molecule has 2 saturated heterocycles. The number of hydrogen-bond donors (Lipinski definition) is 1. The van der Waals surface area contributed by atoms with E-state index in [9.17, 15) is 25.0 Å². The van der Waals surface area contributed by atoms with E-state index in [1.807, 2.05) is 4.90 Å². The summed E-state index contributed by atoms with van der Waals surface area (Å²) in [6.45, 7) is 1.22. The van der Waals surface area contributed by atoms with Crippen molar-refractivity contribution < 1.29 is 14.6 Å². The van der Waals surface area contributed by atoms with Gasteiger partial charge >= 0.3 is 0 Å². The van der Waals surface area contributed by atoms with Crippen LogP contribution in [0.25, 0.3) is 0 Å². The first kappa shape index (κ1) is 16.2. The SMILES string of the molecule is O=C1C[C@H]([C@H]2CCCCN2c2ccc([N+](=O)[O-])cc2[N+](=O)[O-])CN1. The summed E-state index contributed by atoms with van der Waals surface area (Å²) in [6.07, 6.45) is 3.18. The fourth-order valence-corrected chi connectivity index (χ4v) is 3.66. The van der Waals surface area contributed by atoms with Crippen LogP contribution < -0.4 is 10.2 Å². The van der Waals surface area contributed by atoms with Gasteiger partial charge in [0.1, 0.15) is 5.69 Å². The molecule has 2 aliphatic heterocycles. The molecule has 9 heteroatoms. The Bertz CT molecular complexity index is 692. The van der Waals surface area contributed by atoms with Crippen LogP contribution in [-0.2, 0) is 4.79 Å². The number of nitro benzene ring substituents is 2. The van der Waals surface area contributed by atoms with Crippen LogP contribution in [0, 0.1) is 26.1 Å². The second-order valence-corrected chi connectivity index (χ2v) is 6.21. The number of nitro groups is 2. The third kappa shape index (κ3) is 3.01. The molecule has 3 rings (SSSR count). The average molecular weight is 334 g/mol. The van der Waals surface area contributed by atoms with Crippen molar-refractivity contribution in [3.8, 4) is 0 Å². The van der Waals surface area contributed by atoms with Gasteiger partial charge in [-0.2, -0.15) is 0 Å². The Balaban J connectivity index is 1.96. The van der Waals surface area contributed by atoms with Crippen molar-refractivity contribution >= 4 is 23.0 Å². The number of rotatable bonds is 4. The highest BCUT2D eigenvalue weighted by molar-refractivity contribution is 5.78. The number of non-ortho nitro benzene ring substituents is 1. The Morgan fingerprint density at radius 3 is 2.58 bits per heavy atom. The van der Waals surface area contributed by atoms with Crippen molar-refractivity contribution in [1.82, 2.24) is 5.32 Å². The molecule has 1 aromatic rings. The number of anilines is 1. The maximum Gasteiger partial charge on any atom is 0.299 e. The summed E-state index contributed by atoms with van der Waals surface area (Å²) >= 11 is 0. The van der Waals surface area contributed by atoms with Crippen LogP contribution in [0.1, 0.15) is 25.7 Å². The lowest BCUT2D eigenvalue weighted by Crippen LogP contribution is -2.45. The third-order valence-electron chi connectivity index (χ3n) is 4.78. The Hall–Kier alpha value is -2.71. The molecule has 0 saturated carbocycles. The summed E-state index contributed by atoms with van der Waals surface area (Å²) in [5.41, 5.74) is -0.153. The Labute approximate surface area is 137 Å². The Morgan fingerprint density at radius 1 is 1.17 bits per heavy atom. The van der Waals surface area contributed by atoms with Gasteiger partial charge in [0, 0.05) is 37.5 Å². The number of nitrogens with one attached hydrogen (secondary N) is 1. The highest BCUT2D eigenvalue weighted by atomic mass is 16.6. The van der Waals surface area contributed by atoms with Gasteiger partial charge in [-0.15, -0.1) is 0 Å². The van der Waals surface area contributed by atoms with Gasteiger partial charge in [0.25, 0.3) is 11.4 Å². The molecule has 2 fully saturated rings. The lowest BCUT2D eigenvalue weighted by atomic mass is 9.89. The first-order valence-electron chi connectivity index (χ1n) is 7.93. The number of piperidine rings is 1. The Kier molecular flexibility index (Phi) is 4.32. The van der Waals surface area contributed by atoms with Crippen molar-refractivity contribution in [2.75, 3.05) is 18.0 Å². The highest BCUT2D eigenvalue weighted by Gasteiger charge is 2.37. The molecule has 2 atom stereocenters. The zero-order chi connectivity index (χ0) is 17.3. The summed E-state index contributed by atoms with van der Waals surface area (Å²) in [4.78, 5) is 34.6. The standard InChI is InChI=1S/C15H18N4O5/c20-15-7-10(9-16-15)12-3-1-2-6-17(12)13-5-4-11(18(21)22)8-14(13)19(23)24/h4-5,8,10,12H,1-3,6-7,9H2,(H,16,20)/t10-,12+/m0/s1. The molecular weight excluding hydrogens is 316 g/mol. The smallest absolute Gasteiger partial charge is 0.299 e. The van der Waals surface area contributed by atoms with E-state index in [1.54, 1.807) is 0 Å². The van der Waals surface area contributed by atoms with Gasteiger partial charge in [0.15, 0.2) is 0 Å². The molecule has 9 nitrogen and oxygen atoms in total. The van der Waals surface area contributed by atoms with Crippen molar-refractivity contribution in [2.45, 2.75) is 31.7 Å². The van der Waals surface area contributed by atoms with Crippen molar-refractivity contribution in [2.24, 2.45) is 5.92 Å². The first-order valence-corrected chi connectivity index (χ1v) is 7.93. The predicted octanol–water partition coefficient (Wildman–Crippen LogP) is 2.00. The van der Waals surface area contributed by atoms with Crippen molar-refractivity contribution in [3.05, 3.63) is 38.4 Å². The minimum atomic E-state index is -0.635. The topological polar surface area (TPSA) is 119 Å². The number of hydrogen-bond acceptors (Lipinski definition) is 6. The quantitative estimate of drug-likeness (QED) is 0.664. The van der Waals surface area contributed by atoms with Crippen molar-refractivity contribution in [1.29, 1.82) is 0 Å². The van der Waals surface area contributed by atoms with Gasteiger partial charge in [-0.05, 0) is 25.3 Å². The molecule has 128 valence electrons. The summed E-state index contributed by atoms with van der Waals surface area (Å²) < 4.78 is 0. The van der Waals surface area contributed by atoms with Crippen molar-refractivity contribution in [3.63, 3.8) is 0 Å². The van der Waals surface area contributed by atoms with Crippen LogP contribution in [0.15, 0.2) is 18.2 Å². The van der Waals surface area contributed by atoms with Gasteiger partial charge in [0.2, 0.25) is 5.91 Å². The maximum absolute atomic E-state index is 11.5. The average Bonchev–Trinajstić information content (AvgIpc) is 3.00. The number of amides is 1. The molecule has 0 spiro atoms. The largest absolute Gasteiger partial charge is 0.363 e. The molecule has 1 aromatic carbocycles. The van der Waals surface area contributed by atoms with Gasteiger partial charge in [-0.1, -0.05) is 0 Å². The number of carbonyl (C=O) groups excluding carboxylic acids is 1. The summed E-state index contributed by atoms with van der Waals surface area (Å²) in [5, 5.41) is 25.1. The lowest BCUT2D eigenvalue weighted by molar-refractivity contribution is -0.393. The first-order chi connectivity index (χ1) is 11.5. The van der Waals surface area contributed by atoms with E-state index in [-0.39, 0.29) is 29.2 Å². The molecule has 1 N–H and O–H groups in total. The fourth-order valence-electron chi connectivity index (χ4n) is 3.66. The molecule has 2 heterocycles. The maximum atomic E-state index is 11.5. The van der Waals surface area contributed by atoms with E-state index in [1.165, 1.54) is 12.1 Å². The second-order valence-electron chi connectivity index (χ2n) is 6.21. The van der Waals surface area contributed by atoms with E-state index in [0.717, 1.165) is 25.3 Å². The van der Waals surface area contributed by atoms with Crippen LogP contribution >= 0.6 is 0 Å². The summed E-state index contributed by atoms with van der Waals surface area (Å²) in [5.74, 6) is 0.108. The van der Waals surface area contributed by atoms with Crippen LogP contribution in [-0.4, -0.2) is 34.9 Å². The molecule has 0 aromatic heterocycles. The zero-order valence-electron chi connectivity index (χ0n) is 13.0. The molecule has 0 bridgehead atoms.